The first kappa shape index (κ1) is 14.5. The zero-order valence-electron chi connectivity index (χ0n) is 11.8. The molecule has 2 saturated carbocycles. The highest BCUT2D eigenvalue weighted by molar-refractivity contribution is 7.91. The molecule has 3 rings (SSSR count). The van der Waals surface area contributed by atoms with Crippen molar-refractivity contribution in [3.8, 4) is 0 Å². The van der Waals surface area contributed by atoms with Gasteiger partial charge in [0.2, 0.25) is 0 Å². The molecule has 0 radical (unpaired) electrons. The van der Waals surface area contributed by atoms with Crippen LogP contribution in [0.25, 0.3) is 0 Å². The highest BCUT2D eigenvalue weighted by Gasteiger charge is 2.40. The lowest BCUT2D eigenvalue weighted by atomic mass is 9.96. The summed E-state index contributed by atoms with van der Waals surface area (Å²) in [4.78, 5) is 0. The summed E-state index contributed by atoms with van der Waals surface area (Å²) in [6.07, 6.45) is 5.87. The SMILES string of the molecule is CC1(NNC(=S)NC2CC3CCC2C3)CCS(=O)(=O)C1. The monoisotopic (exact) mass is 317 g/mol. The van der Waals surface area contributed by atoms with Crippen LogP contribution in [0.5, 0.6) is 0 Å². The van der Waals surface area contributed by atoms with Crippen LogP contribution in [0.4, 0.5) is 0 Å². The van der Waals surface area contributed by atoms with Gasteiger partial charge in [-0.15, -0.1) is 0 Å². The van der Waals surface area contributed by atoms with Gasteiger partial charge >= 0.3 is 0 Å². The molecule has 3 N–H and O–H groups in total. The van der Waals surface area contributed by atoms with Gasteiger partial charge in [-0.3, -0.25) is 5.43 Å². The number of thiocarbonyl (C=S) groups is 1. The minimum atomic E-state index is -2.90. The Morgan fingerprint density at radius 1 is 1.30 bits per heavy atom. The molecule has 3 fully saturated rings. The molecule has 1 heterocycles. The van der Waals surface area contributed by atoms with Gasteiger partial charge in [0.05, 0.1) is 11.5 Å². The van der Waals surface area contributed by atoms with Crippen molar-refractivity contribution in [2.75, 3.05) is 11.5 Å². The maximum atomic E-state index is 11.5. The van der Waals surface area contributed by atoms with Gasteiger partial charge < -0.3 is 5.32 Å². The van der Waals surface area contributed by atoms with E-state index in [2.05, 4.69) is 16.2 Å². The highest BCUT2D eigenvalue weighted by atomic mass is 32.2. The van der Waals surface area contributed by atoms with E-state index in [1.54, 1.807) is 0 Å². The van der Waals surface area contributed by atoms with E-state index in [4.69, 9.17) is 12.2 Å². The van der Waals surface area contributed by atoms with Gasteiger partial charge in [-0.25, -0.2) is 13.8 Å². The third-order valence-electron chi connectivity index (χ3n) is 5.04. The van der Waals surface area contributed by atoms with Crippen LogP contribution in [-0.2, 0) is 9.84 Å². The summed E-state index contributed by atoms with van der Waals surface area (Å²) in [7, 11) is -2.90. The molecule has 5 nitrogen and oxygen atoms in total. The minimum Gasteiger partial charge on any atom is -0.359 e. The maximum absolute atomic E-state index is 11.5. The molecule has 7 heteroatoms. The predicted molar refractivity (Wildman–Crippen MR) is 82.9 cm³/mol. The Labute approximate surface area is 126 Å². The number of rotatable bonds is 3. The second-order valence-electron chi connectivity index (χ2n) is 6.91. The summed E-state index contributed by atoms with van der Waals surface area (Å²) >= 11 is 5.31. The van der Waals surface area contributed by atoms with Gasteiger partial charge in [0.25, 0.3) is 0 Å². The molecule has 114 valence electrons. The summed E-state index contributed by atoms with van der Waals surface area (Å²) in [5, 5.41) is 3.97. The molecule has 4 unspecified atom stereocenters. The fourth-order valence-electron chi connectivity index (χ4n) is 3.94. The van der Waals surface area contributed by atoms with Gasteiger partial charge in [0.1, 0.15) is 0 Å². The van der Waals surface area contributed by atoms with Crippen molar-refractivity contribution in [2.45, 2.75) is 50.6 Å². The summed E-state index contributed by atoms with van der Waals surface area (Å²) < 4.78 is 23.1. The van der Waals surface area contributed by atoms with Crippen molar-refractivity contribution in [3.05, 3.63) is 0 Å². The van der Waals surface area contributed by atoms with Crippen molar-refractivity contribution in [1.82, 2.24) is 16.2 Å². The Morgan fingerprint density at radius 2 is 2.10 bits per heavy atom. The molecule has 20 heavy (non-hydrogen) atoms. The second-order valence-corrected chi connectivity index (χ2v) is 9.50. The standard InChI is InChI=1S/C13H23N3O2S2/c1-13(4-5-20(17,18)8-13)16-15-12(19)14-11-7-9-2-3-10(11)6-9/h9-11,16H,2-8H2,1H3,(H2,14,15,19). The molecule has 0 amide bonds. The van der Waals surface area contributed by atoms with E-state index < -0.39 is 15.4 Å². The fraction of sp³-hybridized carbons (Fsp3) is 0.923. The molecule has 0 aromatic rings. The van der Waals surface area contributed by atoms with Crippen LogP contribution in [0, 0.1) is 11.8 Å². The number of nitrogens with one attached hydrogen (secondary N) is 3. The molecule has 0 spiro atoms. The topological polar surface area (TPSA) is 70.2 Å². The Kier molecular flexibility index (Phi) is 3.71. The molecule has 3 aliphatic rings. The van der Waals surface area contributed by atoms with Gasteiger partial charge in [0.15, 0.2) is 14.9 Å². The molecule has 2 aliphatic carbocycles. The number of sulfone groups is 1. The van der Waals surface area contributed by atoms with E-state index in [0.29, 0.717) is 17.6 Å². The average molecular weight is 317 g/mol. The smallest absolute Gasteiger partial charge is 0.181 e. The first-order chi connectivity index (χ1) is 9.35. The Bertz CT molecular complexity index is 508. The number of fused-ring (bicyclic) bond motifs is 2. The molecule has 1 saturated heterocycles. The largest absolute Gasteiger partial charge is 0.359 e. The van der Waals surface area contributed by atoms with Gasteiger partial charge in [0, 0.05) is 11.6 Å². The maximum Gasteiger partial charge on any atom is 0.181 e. The Balaban J connectivity index is 1.46. The van der Waals surface area contributed by atoms with Crippen LogP contribution in [0.3, 0.4) is 0 Å². The van der Waals surface area contributed by atoms with Crippen molar-refractivity contribution in [1.29, 1.82) is 0 Å². The summed E-state index contributed by atoms with van der Waals surface area (Å²) in [5.41, 5.74) is 5.68. The lowest BCUT2D eigenvalue weighted by Gasteiger charge is -2.28. The van der Waals surface area contributed by atoms with Crippen molar-refractivity contribution < 1.29 is 8.42 Å². The summed E-state index contributed by atoms with van der Waals surface area (Å²) in [5.74, 6) is 2.07. The molecule has 1 aliphatic heterocycles. The molecule has 4 atom stereocenters. The second kappa shape index (κ2) is 5.10. The number of hydrogen-bond acceptors (Lipinski definition) is 4. The zero-order valence-corrected chi connectivity index (χ0v) is 13.4. The van der Waals surface area contributed by atoms with E-state index >= 15 is 0 Å². The predicted octanol–water partition coefficient (Wildman–Crippen LogP) is 0.721. The molecular formula is C13H23N3O2S2. The lowest BCUT2D eigenvalue weighted by molar-refractivity contribution is 0.361. The van der Waals surface area contributed by atoms with Crippen LogP contribution in [-0.4, -0.2) is 36.6 Å². The van der Waals surface area contributed by atoms with Crippen LogP contribution in [0.15, 0.2) is 0 Å². The lowest BCUT2D eigenvalue weighted by Crippen LogP contribution is -2.57. The molecule has 0 aromatic carbocycles. The highest BCUT2D eigenvalue weighted by Crippen LogP contribution is 2.44. The summed E-state index contributed by atoms with van der Waals surface area (Å²) in [6, 6.07) is 0.496. The van der Waals surface area contributed by atoms with Crippen molar-refractivity contribution >= 4 is 27.2 Å². The van der Waals surface area contributed by atoms with E-state index in [0.717, 1.165) is 11.8 Å². The van der Waals surface area contributed by atoms with Crippen molar-refractivity contribution in [2.24, 2.45) is 11.8 Å². The Hall–Kier alpha value is -0.400. The van der Waals surface area contributed by atoms with Crippen LogP contribution in [0.2, 0.25) is 0 Å². The van der Waals surface area contributed by atoms with E-state index in [1.807, 2.05) is 6.92 Å². The third-order valence-corrected chi connectivity index (χ3v) is 7.16. The first-order valence-electron chi connectivity index (χ1n) is 7.39. The van der Waals surface area contributed by atoms with Gasteiger partial charge in [-0.2, -0.15) is 0 Å². The normalized spacial score (nSPS) is 41.8. The average Bonchev–Trinajstić information content (AvgIpc) is 3.02. The quantitative estimate of drug-likeness (QED) is 0.526. The van der Waals surface area contributed by atoms with Crippen LogP contribution < -0.4 is 16.2 Å². The molecule has 0 aromatic heterocycles. The van der Waals surface area contributed by atoms with E-state index in [-0.39, 0.29) is 11.5 Å². The van der Waals surface area contributed by atoms with Crippen LogP contribution in [0.1, 0.15) is 39.0 Å². The van der Waals surface area contributed by atoms with E-state index in [1.165, 1.54) is 25.7 Å². The molecule has 2 bridgehead atoms. The zero-order chi connectivity index (χ0) is 14.4. The van der Waals surface area contributed by atoms with Crippen LogP contribution >= 0.6 is 12.2 Å². The number of hydrogen-bond donors (Lipinski definition) is 3. The third kappa shape index (κ3) is 3.09. The Morgan fingerprint density at radius 3 is 2.65 bits per heavy atom. The van der Waals surface area contributed by atoms with Gasteiger partial charge in [-0.1, -0.05) is 6.42 Å². The number of hydrazine groups is 1. The van der Waals surface area contributed by atoms with Gasteiger partial charge in [-0.05, 0) is 56.7 Å². The van der Waals surface area contributed by atoms with E-state index in [9.17, 15) is 8.42 Å². The first-order valence-corrected chi connectivity index (χ1v) is 9.62. The minimum absolute atomic E-state index is 0.170. The molecular weight excluding hydrogens is 294 g/mol. The van der Waals surface area contributed by atoms with Crippen molar-refractivity contribution in [3.63, 3.8) is 0 Å². The fourth-order valence-corrected chi connectivity index (χ4v) is 6.24. The summed E-state index contributed by atoms with van der Waals surface area (Å²) in [6.45, 7) is 1.92.